The number of anilines is 1. The molecule has 2 rings (SSSR count). The summed E-state index contributed by atoms with van der Waals surface area (Å²) in [6.45, 7) is 4.93. The number of amides is 1. The van der Waals surface area contributed by atoms with Crippen LogP contribution < -0.4 is 14.8 Å². The minimum absolute atomic E-state index is 0.169. The van der Waals surface area contributed by atoms with Crippen molar-refractivity contribution in [2.45, 2.75) is 20.3 Å². The Morgan fingerprint density at radius 2 is 1.79 bits per heavy atom. The molecule has 0 saturated heterocycles. The quantitative estimate of drug-likeness (QED) is 0.786. The molecular formula is C19H22FNO3. The number of rotatable bonds is 8. The van der Waals surface area contributed by atoms with Crippen LogP contribution in [0.15, 0.2) is 48.5 Å². The Morgan fingerprint density at radius 1 is 1.08 bits per heavy atom. The van der Waals surface area contributed by atoms with Crippen LogP contribution in [0.3, 0.4) is 0 Å². The molecule has 0 spiro atoms. The lowest BCUT2D eigenvalue weighted by atomic mass is 10.2. The molecule has 0 aromatic heterocycles. The van der Waals surface area contributed by atoms with Crippen LogP contribution in [0.25, 0.3) is 0 Å². The number of ether oxygens (including phenoxy) is 2. The van der Waals surface area contributed by atoms with Gasteiger partial charge in [0.15, 0.2) is 0 Å². The smallest absolute Gasteiger partial charge is 0.227 e. The van der Waals surface area contributed by atoms with E-state index in [1.807, 2.05) is 18.2 Å². The molecule has 1 amide bonds. The van der Waals surface area contributed by atoms with Gasteiger partial charge in [0.05, 0.1) is 25.3 Å². The summed E-state index contributed by atoms with van der Waals surface area (Å²) < 4.78 is 23.9. The first kappa shape index (κ1) is 17.8. The van der Waals surface area contributed by atoms with E-state index < -0.39 is 0 Å². The highest BCUT2D eigenvalue weighted by Crippen LogP contribution is 2.24. The number of benzene rings is 2. The summed E-state index contributed by atoms with van der Waals surface area (Å²) in [6, 6.07) is 13.0. The summed E-state index contributed by atoms with van der Waals surface area (Å²) in [5, 5.41) is 2.83. The average molecular weight is 331 g/mol. The van der Waals surface area contributed by atoms with E-state index in [0.29, 0.717) is 29.7 Å². The number of halogens is 1. The fourth-order valence-electron chi connectivity index (χ4n) is 1.96. The molecule has 0 unspecified atom stereocenters. The molecule has 24 heavy (non-hydrogen) atoms. The van der Waals surface area contributed by atoms with Crippen LogP contribution in [-0.4, -0.2) is 19.1 Å². The SMILES string of the molecule is CC(C)COc1ccccc1NC(=O)CCOc1ccc(F)cc1. The summed E-state index contributed by atoms with van der Waals surface area (Å²) in [5.41, 5.74) is 0.643. The predicted octanol–water partition coefficient (Wildman–Crippen LogP) is 4.27. The van der Waals surface area contributed by atoms with Gasteiger partial charge in [-0.1, -0.05) is 26.0 Å². The standard InChI is InChI=1S/C19H22FNO3/c1-14(2)13-24-18-6-4-3-5-17(18)21-19(22)11-12-23-16-9-7-15(20)8-10-16/h3-10,14H,11-13H2,1-2H3,(H,21,22). The van der Waals surface area contributed by atoms with Gasteiger partial charge in [-0.3, -0.25) is 4.79 Å². The van der Waals surface area contributed by atoms with Gasteiger partial charge in [0.1, 0.15) is 17.3 Å². The largest absolute Gasteiger partial charge is 0.493 e. The van der Waals surface area contributed by atoms with Crippen molar-refractivity contribution in [3.8, 4) is 11.5 Å². The Labute approximate surface area is 141 Å². The summed E-state index contributed by atoms with van der Waals surface area (Å²) in [5.74, 6) is 1.09. The Balaban J connectivity index is 1.82. The molecule has 2 aromatic rings. The number of hydrogen-bond donors (Lipinski definition) is 1. The van der Waals surface area contributed by atoms with E-state index >= 15 is 0 Å². The lowest BCUT2D eigenvalue weighted by molar-refractivity contribution is -0.116. The zero-order chi connectivity index (χ0) is 17.4. The van der Waals surface area contributed by atoms with Crippen LogP contribution in [-0.2, 0) is 4.79 Å². The fraction of sp³-hybridized carbons (Fsp3) is 0.316. The monoisotopic (exact) mass is 331 g/mol. The first-order valence-corrected chi connectivity index (χ1v) is 7.94. The highest BCUT2D eigenvalue weighted by atomic mass is 19.1. The third-order valence-electron chi connectivity index (χ3n) is 3.14. The van der Waals surface area contributed by atoms with Gasteiger partial charge in [-0.15, -0.1) is 0 Å². The Morgan fingerprint density at radius 3 is 2.50 bits per heavy atom. The maximum absolute atomic E-state index is 12.8. The van der Waals surface area contributed by atoms with E-state index in [9.17, 15) is 9.18 Å². The molecule has 1 N–H and O–H groups in total. The fourth-order valence-corrected chi connectivity index (χ4v) is 1.96. The van der Waals surface area contributed by atoms with Crippen molar-refractivity contribution in [2.24, 2.45) is 5.92 Å². The minimum atomic E-state index is -0.321. The topological polar surface area (TPSA) is 47.6 Å². The normalized spacial score (nSPS) is 10.5. The lowest BCUT2D eigenvalue weighted by Gasteiger charge is -2.14. The van der Waals surface area contributed by atoms with Crippen LogP contribution in [0.2, 0.25) is 0 Å². The molecular weight excluding hydrogens is 309 g/mol. The second-order valence-corrected chi connectivity index (χ2v) is 5.80. The number of carbonyl (C=O) groups is 1. The number of carbonyl (C=O) groups excluding carboxylic acids is 1. The average Bonchev–Trinajstić information content (AvgIpc) is 2.56. The van der Waals surface area contributed by atoms with Crippen molar-refractivity contribution in [2.75, 3.05) is 18.5 Å². The predicted molar refractivity (Wildman–Crippen MR) is 91.9 cm³/mol. The van der Waals surface area contributed by atoms with Gasteiger partial charge in [-0.25, -0.2) is 4.39 Å². The third kappa shape index (κ3) is 5.91. The van der Waals surface area contributed by atoms with Crippen molar-refractivity contribution in [3.05, 3.63) is 54.3 Å². The zero-order valence-corrected chi connectivity index (χ0v) is 13.9. The molecule has 5 heteroatoms. The van der Waals surface area contributed by atoms with Crippen molar-refractivity contribution >= 4 is 11.6 Å². The molecule has 0 fully saturated rings. The van der Waals surface area contributed by atoms with Gasteiger partial charge in [0, 0.05) is 0 Å². The van der Waals surface area contributed by atoms with Gasteiger partial charge in [0.25, 0.3) is 0 Å². The van der Waals surface area contributed by atoms with Crippen LogP contribution in [0.1, 0.15) is 20.3 Å². The van der Waals surface area contributed by atoms with Crippen molar-refractivity contribution in [1.82, 2.24) is 0 Å². The molecule has 4 nitrogen and oxygen atoms in total. The third-order valence-corrected chi connectivity index (χ3v) is 3.14. The van der Waals surface area contributed by atoms with Gasteiger partial charge in [-0.2, -0.15) is 0 Å². The number of para-hydroxylation sites is 2. The second-order valence-electron chi connectivity index (χ2n) is 5.80. The summed E-state index contributed by atoms with van der Waals surface area (Å²) >= 11 is 0. The summed E-state index contributed by atoms with van der Waals surface area (Å²) in [6.07, 6.45) is 0.190. The minimum Gasteiger partial charge on any atom is -0.493 e. The van der Waals surface area contributed by atoms with E-state index in [4.69, 9.17) is 9.47 Å². The van der Waals surface area contributed by atoms with E-state index in [1.54, 1.807) is 6.07 Å². The van der Waals surface area contributed by atoms with Gasteiger partial charge in [-0.05, 0) is 42.3 Å². The molecule has 0 aliphatic heterocycles. The van der Waals surface area contributed by atoms with Gasteiger partial charge >= 0.3 is 0 Å². The molecule has 0 bridgehead atoms. The zero-order valence-electron chi connectivity index (χ0n) is 13.9. The molecule has 0 heterocycles. The van der Waals surface area contributed by atoms with Crippen LogP contribution in [0.4, 0.5) is 10.1 Å². The van der Waals surface area contributed by atoms with Crippen molar-refractivity contribution in [1.29, 1.82) is 0 Å². The molecule has 0 aliphatic rings. The van der Waals surface area contributed by atoms with Crippen LogP contribution in [0.5, 0.6) is 11.5 Å². The van der Waals surface area contributed by atoms with E-state index in [1.165, 1.54) is 24.3 Å². The molecule has 0 atom stereocenters. The van der Waals surface area contributed by atoms with Gasteiger partial charge in [0.2, 0.25) is 5.91 Å². The number of nitrogens with one attached hydrogen (secondary N) is 1. The maximum atomic E-state index is 12.8. The highest BCUT2D eigenvalue weighted by Gasteiger charge is 2.08. The van der Waals surface area contributed by atoms with Crippen LogP contribution in [0, 0.1) is 11.7 Å². The van der Waals surface area contributed by atoms with Crippen molar-refractivity contribution in [3.63, 3.8) is 0 Å². The maximum Gasteiger partial charge on any atom is 0.227 e. The van der Waals surface area contributed by atoms with E-state index in [0.717, 1.165) is 0 Å². The first-order valence-electron chi connectivity index (χ1n) is 7.94. The Bertz CT molecular complexity index is 656. The van der Waals surface area contributed by atoms with Gasteiger partial charge < -0.3 is 14.8 Å². The highest BCUT2D eigenvalue weighted by molar-refractivity contribution is 5.92. The Hall–Kier alpha value is -2.56. The number of hydrogen-bond acceptors (Lipinski definition) is 3. The summed E-state index contributed by atoms with van der Waals surface area (Å²) in [7, 11) is 0. The molecule has 2 aromatic carbocycles. The molecule has 128 valence electrons. The van der Waals surface area contributed by atoms with Crippen molar-refractivity contribution < 1.29 is 18.7 Å². The first-order chi connectivity index (χ1) is 11.5. The molecule has 0 aliphatic carbocycles. The molecule has 0 radical (unpaired) electrons. The Kier molecular flexibility index (Phi) is 6.61. The van der Waals surface area contributed by atoms with E-state index in [-0.39, 0.29) is 24.8 Å². The summed E-state index contributed by atoms with van der Waals surface area (Å²) in [4.78, 5) is 12.0. The van der Waals surface area contributed by atoms with E-state index in [2.05, 4.69) is 19.2 Å². The molecule has 0 saturated carbocycles. The van der Waals surface area contributed by atoms with Crippen LogP contribution >= 0.6 is 0 Å². The lowest BCUT2D eigenvalue weighted by Crippen LogP contribution is -2.16. The second kappa shape index (κ2) is 8.91.